The molecule has 1 aromatic carbocycles. The molecule has 0 aliphatic carbocycles. The zero-order valence-corrected chi connectivity index (χ0v) is 9.36. The molecule has 0 aliphatic heterocycles. The van der Waals surface area contributed by atoms with E-state index in [0.717, 1.165) is 0 Å². The van der Waals surface area contributed by atoms with E-state index in [2.05, 4.69) is 10.7 Å². The van der Waals surface area contributed by atoms with Gasteiger partial charge in [0.25, 0.3) is 0 Å². The van der Waals surface area contributed by atoms with Gasteiger partial charge in [-0.15, -0.1) is 0 Å². The molecule has 6 nitrogen and oxygen atoms in total. The minimum atomic E-state index is -0.447. The van der Waals surface area contributed by atoms with Gasteiger partial charge in [-0.1, -0.05) is 19.9 Å². The van der Waals surface area contributed by atoms with Crippen LogP contribution in [0.3, 0.4) is 0 Å². The lowest BCUT2D eigenvalue weighted by Crippen LogP contribution is -2.13. The Bertz CT molecular complexity index is 379. The van der Waals surface area contributed by atoms with Crippen LogP contribution < -0.4 is 16.6 Å². The van der Waals surface area contributed by atoms with Gasteiger partial charge in [-0.05, 0) is 18.1 Å². The third-order valence-electron chi connectivity index (χ3n) is 2.07. The number of nitrogens with zero attached hydrogens (tertiary/aromatic N) is 1. The second kappa shape index (κ2) is 5.32. The average molecular weight is 224 g/mol. The Morgan fingerprint density at radius 3 is 2.56 bits per heavy atom. The van der Waals surface area contributed by atoms with E-state index in [9.17, 15) is 10.1 Å². The van der Waals surface area contributed by atoms with Crippen LogP contribution in [0, 0.1) is 16.0 Å². The Balaban J connectivity index is 3.02. The molecule has 4 N–H and O–H groups in total. The van der Waals surface area contributed by atoms with Crippen molar-refractivity contribution in [2.24, 2.45) is 11.8 Å². The molecule has 16 heavy (non-hydrogen) atoms. The number of nitro groups is 1. The molecule has 0 saturated heterocycles. The van der Waals surface area contributed by atoms with E-state index >= 15 is 0 Å². The van der Waals surface area contributed by atoms with Crippen molar-refractivity contribution in [1.82, 2.24) is 0 Å². The van der Waals surface area contributed by atoms with Gasteiger partial charge >= 0.3 is 5.69 Å². The van der Waals surface area contributed by atoms with E-state index in [-0.39, 0.29) is 5.69 Å². The van der Waals surface area contributed by atoms with Crippen molar-refractivity contribution in [3.05, 3.63) is 28.3 Å². The van der Waals surface area contributed by atoms with E-state index < -0.39 is 4.92 Å². The van der Waals surface area contributed by atoms with Crippen LogP contribution in [-0.4, -0.2) is 11.5 Å². The summed E-state index contributed by atoms with van der Waals surface area (Å²) < 4.78 is 0. The van der Waals surface area contributed by atoms with Gasteiger partial charge in [0, 0.05) is 6.54 Å². The van der Waals surface area contributed by atoms with Gasteiger partial charge in [-0.3, -0.25) is 16.0 Å². The van der Waals surface area contributed by atoms with Gasteiger partial charge in [0.2, 0.25) is 0 Å². The summed E-state index contributed by atoms with van der Waals surface area (Å²) in [5.74, 6) is 5.64. The van der Waals surface area contributed by atoms with Gasteiger partial charge in [0.05, 0.1) is 4.92 Å². The highest BCUT2D eigenvalue weighted by Crippen LogP contribution is 2.32. The SMILES string of the molecule is CC(C)CNc1cccc(NN)c1[N+](=O)[O-]. The van der Waals surface area contributed by atoms with Crippen molar-refractivity contribution in [2.45, 2.75) is 13.8 Å². The van der Waals surface area contributed by atoms with Crippen molar-refractivity contribution in [1.29, 1.82) is 0 Å². The molecule has 0 amide bonds. The highest BCUT2D eigenvalue weighted by atomic mass is 16.6. The molecule has 6 heteroatoms. The minimum Gasteiger partial charge on any atom is -0.379 e. The summed E-state index contributed by atoms with van der Waals surface area (Å²) in [6.45, 7) is 4.74. The molecule has 88 valence electrons. The summed E-state index contributed by atoms with van der Waals surface area (Å²) in [7, 11) is 0. The molecule has 0 heterocycles. The van der Waals surface area contributed by atoms with Crippen molar-refractivity contribution in [3.63, 3.8) is 0 Å². The third-order valence-corrected chi connectivity index (χ3v) is 2.07. The second-order valence-corrected chi connectivity index (χ2v) is 3.88. The molecular formula is C10H16N4O2. The number of anilines is 2. The van der Waals surface area contributed by atoms with Crippen molar-refractivity contribution < 1.29 is 4.92 Å². The number of nitrogens with two attached hydrogens (primary N) is 1. The summed E-state index contributed by atoms with van der Waals surface area (Å²) in [6.07, 6.45) is 0. The van der Waals surface area contributed by atoms with E-state index in [4.69, 9.17) is 5.84 Å². The Morgan fingerprint density at radius 2 is 2.06 bits per heavy atom. The van der Waals surface area contributed by atoms with Gasteiger partial charge in [0.1, 0.15) is 11.4 Å². The fourth-order valence-electron chi connectivity index (χ4n) is 1.31. The lowest BCUT2D eigenvalue weighted by atomic mass is 10.2. The Kier molecular flexibility index (Phi) is 4.07. The maximum absolute atomic E-state index is 10.9. The van der Waals surface area contributed by atoms with Gasteiger partial charge in [0.15, 0.2) is 0 Å². The lowest BCUT2D eigenvalue weighted by Gasteiger charge is -2.11. The van der Waals surface area contributed by atoms with Crippen LogP contribution in [0.2, 0.25) is 0 Å². The maximum atomic E-state index is 10.9. The van der Waals surface area contributed by atoms with Crippen LogP contribution >= 0.6 is 0 Å². The summed E-state index contributed by atoms with van der Waals surface area (Å²) >= 11 is 0. The molecule has 0 unspecified atom stereocenters. The molecule has 1 aromatic rings. The topological polar surface area (TPSA) is 93.2 Å². The smallest absolute Gasteiger partial charge is 0.316 e. The maximum Gasteiger partial charge on any atom is 0.316 e. The average Bonchev–Trinajstić information content (AvgIpc) is 2.25. The van der Waals surface area contributed by atoms with Crippen LogP contribution in [0.15, 0.2) is 18.2 Å². The molecule has 0 saturated carbocycles. The summed E-state index contributed by atoms with van der Waals surface area (Å²) in [4.78, 5) is 10.5. The molecule has 0 aliphatic rings. The van der Waals surface area contributed by atoms with Crippen LogP contribution in [0.25, 0.3) is 0 Å². The number of hydrazine groups is 1. The summed E-state index contributed by atoms with van der Waals surface area (Å²) in [5, 5.41) is 13.9. The normalized spacial score (nSPS) is 10.2. The summed E-state index contributed by atoms with van der Waals surface area (Å²) in [5.41, 5.74) is 3.09. The summed E-state index contributed by atoms with van der Waals surface area (Å²) in [6, 6.07) is 4.95. The fraction of sp³-hybridized carbons (Fsp3) is 0.400. The highest BCUT2D eigenvalue weighted by molar-refractivity contribution is 5.75. The number of nitrogen functional groups attached to an aromatic ring is 1. The van der Waals surface area contributed by atoms with Crippen molar-refractivity contribution in [3.8, 4) is 0 Å². The fourth-order valence-corrected chi connectivity index (χ4v) is 1.31. The first kappa shape index (κ1) is 12.3. The first-order valence-corrected chi connectivity index (χ1v) is 5.04. The number of benzene rings is 1. The standard InChI is InChI=1S/C10H16N4O2/c1-7(2)6-12-8-4-3-5-9(13-11)10(8)14(15)16/h3-5,7,12-13H,6,11H2,1-2H3. The molecule has 0 atom stereocenters. The highest BCUT2D eigenvalue weighted by Gasteiger charge is 2.18. The van der Waals surface area contributed by atoms with E-state index in [0.29, 0.717) is 23.8 Å². The zero-order chi connectivity index (χ0) is 12.1. The van der Waals surface area contributed by atoms with Crippen LogP contribution in [0.1, 0.15) is 13.8 Å². The Labute approximate surface area is 94.0 Å². The number of para-hydroxylation sites is 1. The largest absolute Gasteiger partial charge is 0.379 e. The van der Waals surface area contributed by atoms with E-state index in [1.165, 1.54) is 0 Å². The number of rotatable bonds is 5. The monoisotopic (exact) mass is 224 g/mol. The van der Waals surface area contributed by atoms with Crippen molar-refractivity contribution >= 4 is 17.1 Å². The zero-order valence-electron chi connectivity index (χ0n) is 9.36. The van der Waals surface area contributed by atoms with Crippen LogP contribution in [0.5, 0.6) is 0 Å². The number of nitro benzene ring substituents is 1. The second-order valence-electron chi connectivity index (χ2n) is 3.88. The van der Waals surface area contributed by atoms with Crippen molar-refractivity contribution in [2.75, 3.05) is 17.3 Å². The predicted octanol–water partition coefficient (Wildman–Crippen LogP) is 1.95. The van der Waals surface area contributed by atoms with Crippen LogP contribution in [0.4, 0.5) is 17.1 Å². The van der Waals surface area contributed by atoms with Crippen LogP contribution in [-0.2, 0) is 0 Å². The van der Waals surface area contributed by atoms with Gasteiger partial charge < -0.3 is 10.7 Å². The molecule has 1 rings (SSSR count). The molecular weight excluding hydrogens is 208 g/mol. The molecule has 0 spiro atoms. The minimum absolute atomic E-state index is 0.0225. The van der Waals surface area contributed by atoms with E-state index in [1.807, 2.05) is 13.8 Å². The molecule has 0 bridgehead atoms. The number of hydrogen-bond donors (Lipinski definition) is 3. The molecule has 0 radical (unpaired) electrons. The lowest BCUT2D eigenvalue weighted by molar-refractivity contribution is -0.383. The molecule has 0 aromatic heterocycles. The third kappa shape index (κ3) is 2.83. The quantitative estimate of drug-likeness (QED) is 0.404. The Morgan fingerprint density at radius 1 is 1.44 bits per heavy atom. The Hall–Kier alpha value is -1.82. The number of nitrogens with one attached hydrogen (secondary N) is 2. The van der Waals surface area contributed by atoms with Gasteiger partial charge in [-0.2, -0.15) is 0 Å². The van der Waals surface area contributed by atoms with E-state index in [1.54, 1.807) is 18.2 Å². The number of hydrogen-bond acceptors (Lipinski definition) is 5. The first-order chi connectivity index (χ1) is 7.56. The molecule has 0 fully saturated rings. The first-order valence-electron chi connectivity index (χ1n) is 5.04. The van der Waals surface area contributed by atoms with Gasteiger partial charge in [-0.25, -0.2) is 0 Å². The predicted molar refractivity (Wildman–Crippen MR) is 64.2 cm³/mol.